The highest BCUT2D eigenvalue weighted by Gasteiger charge is 2.08. The van der Waals surface area contributed by atoms with Crippen molar-refractivity contribution in [2.45, 2.75) is 6.42 Å². The lowest BCUT2D eigenvalue weighted by Gasteiger charge is -2.21. The second kappa shape index (κ2) is 5.48. The number of benzene rings is 2. The van der Waals surface area contributed by atoms with E-state index in [-0.39, 0.29) is 6.61 Å². The summed E-state index contributed by atoms with van der Waals surface area (Å²) in [5.41, 5.74) is 2.90. The van der Waals surface area contributed by atoms with Crippen molar-refractivity contribution in [1.29, 1.82) is 0 Å². The van der Waals surface area contributed by atoms with Crippen molar-refractivity contribution < 1.29 is 5.11 Å². The fraction of sp³-hybridized carbons (Fsp3) is 0.143. The third-order valence-corrected chi connectivity index (χ3v) is 2.67. The number of aliphatic hydroxyl groups is 1. The number of nitrogens with zero attached hydrogens (tertiary/aromatic N) is 1. The molecule has 0 spiro atoms. The SMILES string of the molecule is NN(c1ccccc1)c1ccccc1CCO. The largest absolute Gasteiger partial charge is 0.396 e. The van der Waals surface area contributed by atoms with Crippen molar-refractivity contribution in [3.63, 3.8) is 0 Å². The molecule has 0 aliphatic carbocycles. The summed E-state index contributed by atoms with van der Waals surface area (Å²) in [4.78, 5) is 0. The van der Waals surface area contributed by atoms with Gasteiger partial charge in [0.15, 0.2) is 0 Å². The molecule has 3 nitrogen and oxygen atoms in total. The molecule has 2 rings (SSSR count). The molecule has 0 saturated heterocycles. The molecule has 0 unspecified atom stereocenters. The molecular weight excluding hydrogens is 212 g/mol. The molecule has 2 aromatic carbocycles. The number of anilines is 2. The number of rotatable bonds is 4. The maximum absolute atomic E-state index is 9.04. The van der Waals surface area contributed by atoms with Gasteiger partial charge >= 0.3 is 0 Å². The predicted octanol–water partition coefficient (Wildman–Crippen LogP) is 2.23. The minimum absolute atomic E-state index is 0.125. The van der Waals surface area contributed by atoms with Gasteiger partial charge in [-0.05, 0) is 30.2 Å². The summed E-state index contributed by atoms with van der Waals surface area (Å²) in [6, 6.07) is 17.6. The maximum Gasteiger partial charge on any atom is 0.0608 e. The molecule has 0 aliphatic rings. The van der Waals surface area contributed by atoms with Crippen LogP contribution < -0.4 is 10.9 Å². The van der Waals surface area contributed by atoms with Gasteiger partial charge in [-0.25, -0.2) is 5.84 Å². The van der Waals surface area contributed by atoms with E-state index >= 15 is 0 Å². The van der Waals surface area contributed by atoms with Crippen LogP contribution in [0.5, 0.6) is 0 Å². The summed E-state index contributed by atoms with van der Waals surface area (Å²) < 4.78 is 0. The number of hydrogen-bond donors (Lipinski definition) is 2. The van der Waals surface area contributed by atoms with Crippen LogP contribution >= 0.6 is 0 Å². The molecule has 0 atom stereocenters. The van der Waals surface area contributed by atoms with Crippen LogP contribution in [0.1, 0.15) is 5.56 Å². The number of hydrazine groups is 1. The van der Waals surface area contributed by atoms with Crippen LogP contribution in [-0.2, 0) is 6.42 Å². The Bertz CT molecular complexity index is 471. The van der Waals surface area contributed by atoms with E-state index in [0.717, 1.165) is 16.9 Å². The highest BCUT2D eigenvalue weighted by Crippen LogP contribution is 2.25. The van der Waals surface area contributed by atoms with E-state index in [1.807, 2.05) is 54.6 Å². The lowest BCUT2D eigenvalue weighted by atomic mass is 10.1. The minimum Gasteiger partial charge on any atom is -0.396 e. The van der Waals surface area contributed by atoms with Crippen molar-refractivity contribution in [1.82, 2.24) is 0 Å². The third kappa shape index (κ3) is 2.64. The molecule has 0 radical (unpaired) electrons. The van der Waals surface area contributed by atoms with Crippen LogP contribution in [0.25, 0.3) is 0 Å². The lowest BCUT2D eigenvalue weighted by Crippen LogP contribution is -2.26. The maximum atomic E-state index is 9.04. The molecule has 0 heterocycles. The highest BCUT2D eigenvalue weighted by molar-refractivity contribution is 5.64. The summed E-state index contributed by atoms with van der Waals surface area (Å²) in [6.07, 6.45) is 0.608. The molecule has 2 aromatic rings. The van der Waals surface area contributed by atoms with Crippen LogP contribution in [0.2, 0.25) is 0 Å². The Morgan fingerprint density at radius 1 is 0.941 bits per heavy atom. The Hall–Kier alpha value is -1.84. The Morgan fingerprint density at radius 3 is 2.29 bits per heavy atom. The van der Waals surface area contributed by atoms with Crippen LogP contribution in [-0.4, -0.2) is 11.7 Å². The minimum atomic E-state index is 0.125. The van der Waals surface area contributed by atoms with Crippen LogP contribution in [0.15, 0.2) is 54.6 Å². The fourth-order valence-electron chi connectivity index (χ4n) is 1.81. The fourth-order valence-corrected chi connectivity index (χ4v) is 1.81. The van der Waals surface area contributed by atoms with Crippen LogP contribution in [0, 0.1) is 0 Å². The molecular formula is C14H16N2O. The topological polar surface area (TPSA) is 49.5 Å². The van der Waals surface area contributed by atoms with E-state index in [9.17, 15) is 0 Å². The zero-order valence-corrected chi connectivity index (χ0v) is 9.58. The van der Waals surface area contributed by atoms with Gasteiger partial charge in [-0.1, -0.05) is 36.4 Å². The first-order chi connectivity index (χ1) is 8.33. The number of para-hydroxylation sites is 2. The van der Waals surface area contributed by atoms with Crippen molar-refractivity contribution in [3.05, 3.63) is 60.2 Å². The average molecular weight is 228 g/mol. The average Bonchev–Trinajstić information content (AvgIpc) is 2.40. The van der Waals surface area contributed by atoms with Gasteiger partial charge in [-0.3, -0.25) is 5.01 Å². The molecule has 0 fully saturated rings. The summed E-state index contributed by atoms with van der Waals surface area (Å²) >= 11 is 0. The number of hydrogen-bond acceptors (Lipinski definition) is 3. The predicted molar refractivity (Wildman–Crippen MR) is 70.0 cm³/mol. The summed E-state index contributed by atoms with van der Waals surface area (Å²) in [5, 5.41) is 10.7. The molecule has 0 aliphatic heterocycles. The van der Waals surface area contributed by atoms with Gasteiger partial charge in [-0.15, -0.1) is 0 Å². The van der Waals surface area contributed by atoms with E-state index in [1.54, 1.807) is 5.01 Å². The first-order valence-corrected chi connectivity index (χ1v) is 5.61. The van der Waals surface area contributed by atoms with Gasteiger partial charge in [0.05, 0.1) is 11.4 Å². The highest BCUT2D eigenvalue weighted by atomic mass is 16.2. The Kier molecular flexibility index (Phi) is 3.75. The molecule has 0 bridgehead atoms. The van der Waals surface area contributed by atoms with Gasteiger partial charge in [-0.2, -0.15) is 0 Å². The molecule has 0 saturated carbocycles. The van der Waals surface area contributed by atoms with Gasteiger partial charge in [0, 0.05) is 6.61 Å². The smallest absolute Gasteiger partial charge is 0.0608 e. The first-order valence-electron chi connectivity index (χ1n) is 5.61. The van der Waals surface area contributed by atoms with Crippen molar-refractivity contribution >= 4 is 11.4 Å². The van der Waals surface area contributed by atoms with E-state index in [2.05, 4.69) is 0 Å². The summed E-state index contributed by atoms with van der Waals surface area (Å²) in [6.45, 7) is 0.125. The third-order valence-electron chi connectivity index (χ3n) is 2.67. The van der Waals surface area contributed by atoms with Crippen LogP contribution in [0.3, 0.4) is 0 Å². The van der Waals surface area contributed by atoms with Gasteiger partial charge < -0.3 is 5.11 Å². The second-order valence-corrected chi connectivity index (χ2v) is 3.81. The standard InChI is InChI=1S/C14H16N2O/c15-16(13-7-2-1-3-8-13)14-9-5-4-6-12(14)10-11-17/h1-9,17H,10-11,15H2. The Balaban J connectivity index is 2.33. The summed E-state index contributed by atoms with van der Waals surface area (Å²) in [5.74, 6) is 6.10. The van der Waals surface area contributed by atoms with Gasteiger partial charge in [0.2, 0.25) is 0 Å². The van der Waals surface area contributed by atoms with Crippen molar-refractivity contribution in [3.8, 4) is 0 Å². The zero-order chi connectivity index (χ0) is 12.1. The number of aliphatic hydroxyl groups excluding tert-OH is 1. The number of nitrogens with two attached hydrogens (primary N) is 1. The van der Waals surface area contributed by atoms with Crippen molar-refractivity contribution in [2.75, 3.05) is 11.6 Å². The van der Waals surface area contributed by atoms with E-state index in [4.69, 9.17) is 10.9 Å². The monoisotopic (exact) mass is 228 g/mol. The van der Waals surface area contributed by atoms with E-state index in [1.165, 1.54) is 0 Å². The second-order valence-electron chi connectivity index (χ2n) is 3.81. The van der Waals surface area contributed by atoms with E-state index < -0.39 is 0 Å². The Morgan fingerprint density at radius 2 is 1.59 bits per heavy atom. The quantitative estimate of drug-likeness (QED) is 0.623. The van der Waals surface area contributed by atoms with Gasteiger partial charge in [0.1, 0.15) is 0 Å². The zero-order valence-electron chi connectivity index (χ0n) is 9.58. The lowest BCUT2D eigenvalue weighted by molar-refractivity contribution is 0.299. The molecule has 88 valence electrons. The van der Waals surface area contributed by atoms with Gasteiger partial charge in [0.25, 0.3) is 0 Å². The Labute approximate surface area is 101 Å². The molecule has 0 aromatic heterocycles. The van der Waals surface area contributed by atoms with E-state index in [0.29, 0.717) is 6.42 Å². The van der Waals surface area contributed by atoms with Crippen molar-refractivity contribution in [2.24, 2.45) is 5.84 Å². The van der Waals surface area contributed by atoms with Crippen LogP contribution in [0.4, 0.5) is 11.4 Å². The molecule has 17 heavy (non-hydrogen) atoms. The molecule has 3 heteroatoms. The summed E-state index contributed by atoms with van der Waals surface area (Å²) in [7, 11) is 0. The molecule has 0 amide bonds. The first kappa shape index (κ1) is 11.6. The molecule has 3 N–H and O–H groups in total. The normalized spacial score (nSPS) is 10.2.